The topological polar surface area (TPSA) is 99.7 Å². The molecular weight excluding hydrogens is 391 g/mol. The molecule has 0 spiro atoms. The molecule has 8 heteroatoms. The van der Waals surface area contributed by atoms with Crippen molar-refractivity contribution in [1.29, 1.82) is 0 Å². The minimum atomic E-state index is -0.628. The van der Waals surface area contributed by atoms with Crippen LogP contribution < -0.4 is 10.5 Å². The first-order valence-electron chi connectivity index (χ1n) is 9.99. The van der Waals surface area contributed by atoms with Crippen LogP contribution in [0.3, 0.4) is 0 Å². The number of nitrogens with zero attached hydrogens (tertiary/aromatic N) is 3. The molecule has 153 valence electrons. The first-order valence-corrected chi connectivity index (χ1v) is 9.99. The summed E-state index contributed by atoms with van der Waals surface area (Å²) in [5.74, 6) is 1.01. The maximum atomic E-state index is 11.1. The van der Waals surface area contributed by atoms with E-state index in [0.29, 0.717) is 23.3 Å². The summed E-state index contributed by atoms with van der Waals surface area (Å²) in [7, 11) is 0. The maximum absolute atomic E-state index is 11.1. The van der Waals surface area contributed by atoms with Gasteiger partial charge in [-0.2, -0.15) is 4.98 Å². The predicted molar refractivity (Wildman–Crippen MR) is 116 cm³/mol. The Bertz CT molecular complexity index is 951. The Morgan fingerprint density at radius 2 is 1.80 bits per heavy atom. The smallest absolute Gasteiger partial charge is 0.302 e. The number of hydrogen-bond donors (Lipinski definition) is 1. The number of hydrogen-bond acceptors (Lipinski definition) is 7. The zero-order valence-electron chi connectivity index (χ0n) is 18.0. The second-order valence-corrected chi connectivity index (χ2v) is 8.19. The number of fused-ring (bicyclic) bond motifs is 1. The van der Waals surface area contributed by atoms with E-state index in [0.717, 1.165) is 37.0 Å². The van der Waals surface area contributed by atoms with Gasteiger partial charge in [0.2, 0.25) is 5.88 Å². The molecule has 1 saturated carbocycles. The van der Waals surface area contributed by atoms with Crippen molar-refractivity contribution in [3.05, 3.63) is 41.7 Å². The Morgan fingerprint density at radius 1 is 1.13 bits per heavy atom. The molecule has 0 unspecified atom stereocenters. The number of benzene rings is 1. The SMILES string of the molecule is CC(=O)OC1CCC(c2ccc(C3=Nc4c(N)ncnc4OC3(C)C)cc2)CC1.[Na]. The number of aliphatic imine (C=N–C) groups is 1. The quantitative estimate of drug-likeness (QED) is 0.606. The van der Waals surface area contributed by atoms with Gasteiger partial charge in [-0.05, 0) is 51.0 Å². The summed E-state index contributed by atoms with van der Waals surface area (Å²) in [6, 6.07) is 8.49. The monoisotopic (exact) mass is 417 g/mol. The zero-order chi connectivity index (χ0) is 20.6. The Kier molecular flexibility index (Phi) is 6.84. The van der Waals surface area contributed by atoms with Gasteiger partial charge in [-0.3, -0.25) is 4.79 Å². The third kappa shape index (κ3) is 4.68. The zero-order valence-corrected chi connectivity index (χ0v) is 20.0. The van der Waals surface area contributed by atoms with Gasteiger partial charge in [0.1, 0.15) is 18.0 Å². The second-order valence-electron chi connectivity index (χ2n) is 8.19. The molecule has 0 saturated heterocycles. The molecule has 1 aliphatic carbocycles. The van der Waals surface area contributed by atoms with Crippen LogP contribution in [0.25, 0.3) is 0 Å². The van der Waals surface area contributed by atoms with Crippen LogP contribution in [0.1, 0.15) is 63.5 Å². The van der Waals surface area contributed by atoms with Crippen LogP contribution in [0, 0.1) is 0 Å². The van der Waals surface area contributed by atoms with Gasteiger partial charge in [0.05, 0.1) is 5.71 Å². The number of rotatable bonds is 3. The number of carbonyl (C=O) groups is 1. The summed E-state index contributed by atoms with van der Waals surface area (Å²) in [6.07, 6.45) is 5.31. The fourth-order valence-corrected chi connectivity index (χ4v) is 4.17. The van der Waals surface area contributed by atoms with E-state index in [1.165, 1.54) is 18.8 Å². The summed E-state index contributed by atoms with van der Waals surface area (Å²) >= 11 is 0. The molecule has 2 aromatic rings. The average molecular weight is 417 g/mol. The van der Waals surface area contributed by atoms with E-state index in [2.05, 4.69) is 34.2 Å². The van der Waals surface area contributed by atoms with Crippen LogP contribution in [0.2, 0.25) is 0 Å². The van der Waals surface area contributed by atoms with Crippen molar-refractivity contribution in [2.75, 3.05) is 5.73 Å². The van der Waals surface area contributed by atoms with Crippen LogP contribution in [-0.4, -0.2) is 62.9 Å². The van der Waals surface area contributed by atoms with Crippen molar-refractivity contribution in [3.63, 3.8) is 0 Å². The predicted octanol–water partition coefficient (Wildman–Crippen LogP) is 3.56. The number of esters is 1. The van der Waals surface area contributed by atoms with Crippen LogP contribution in [0.5, 0.6) is 5.88 Å². The summed E-state index contributed by atoms with van der Waals surface area (Å²) in [4.78, 5) is 24.1. The molecule has 4 rings (SSSR count). The largest absolute Gasteiger partial charge is 0.463 e. The molecule has 2 aliphatic rings. The van der Waals surface area contributed by atoms with E-state index in [1.54, 1.807) is 0 Å². The minimum absolute atomic E-state index is 0. The van der Waals surface area contributed by atoms with Crippen LogP contribution in [-0.2, 0) is 9.53 Å². The molecule has 2 heterocycles. The van der Waals surface area contributed by atoms with Gasteiger partial charge in [0, 0.05) is 42.0 Å². The molecule has 30 heavy (non-hydrogen) atoms. The van der Waals surface area contributed by atoms with Crippen LogP contribution >= 0.6 is 0 Å². The maximum Gasteiger partial charge on any atom is 0.302 e. The summed E-state index contributed by atoms with van der Waals surface area (Å²) in [6.45, 7) is 5.41. The summed E-state index contributed by atoms with van der Waals surface area (Å²) in [5, 5.41) is 0. The minimum Gasteiger partial charge on any atom is -0.463 e. The van der Waals surface area contributed by atoms with Gasteiger partial charge in [-0.1, -0.05) is 24.3 Å². The standard InChI is InChI=1S/C22H26N4O3.Na/c1-13(27)28-17-10-8-15(9-11-17)14-4-6-16(7-5-14)19-22(2,3)29-21-18(26-19)20(23)24-12-25-21;/h4-7,12,15,17H,8-11H2,1-3H3,(H2,23,24,25);. The van der Waals surface area contributed by atoms with Crippen LogP contribution in [0.15, 0.2) is 35.6 Å². The molecule has 1 radical (unpaired) electrons. The number of nitrogens with two attached hydrogens (primary N) is 1. The van der Waals surface area contributed by atoms with E-state index in [1.807, 2.05) is 13.8 Å². The number of anilines is 1. The van der Waals surface area contributed by atoms with Crippen molar-refractivity contribution in [2.24, 2.45) is 4.99 Å². The molecular formula is C22H26N4NaO3. The van der Waals surface area contributed by atoms with Crippen molar-refractivity contribution >= 4 is 52.7 Å². The molecule has 0 bridgehead atoms. The Morgan fingerprint density at radius 3 is 2.43 bits per heavy atom. The molecule has 0 amide bonds. The first-order chi connectivity index (χ1) is 13.8. The molecule has 7 nitrogen and oxygen atoms in total. The van der Waals surface area contributed by atoms with E-state index >= 15 is 0 Å². The fourth-order valence-electron chi connectivity index (χ4n) is 4.17. The first kappa shape index (κ1) is 22.7. The second kappa shape index (κ2) is 9.04. The average Bonchev–Trinajstić information content (AvgIpc) is 2.67. The van der Waals surface area contributed by atoms with Gasteiger partial charge < -0.3 is 15.2 Å². The van der Waals surface area contributed by atoms with E-state index in [4.69, 9.17) is 20.2 Å². The van der Waals surface area contributed by atoms with Gasteiger partial charge in [0.15, 0.2) is 11.5 Å². The summed E-state index contributed by atoms with van der Waals surface area (Å²) in [5.41, 5.74) is 8.91. The fraction of sp³-hybridized carbons (Fsp3) is 0.455. The Labute approximate surface area is 198 Å². The molecule has 2 N–H and O–H groups in total. The van der Waals surface area contributed by atoms with Gasteiger partial charge in [0.25, 0.3) is 0 Å². The molecule has 1 aromatic carbocycles. The van der Waals surface area contributed by atoms with Crippen molar-refractivity contribution in [2.45, 2.75) is 64.1 Å². The van der Waals surface area contributed by atoms with Gasteiger partial charge in [-0.25, -0.2) is 9.98 Å². The van der Waals surface area contributed by atoms with Gasteiger partial charge >= 0.3 is 5.97 Å². The third-order valence-electron chi connectivity index (χ3n) is 5.63. The molecule has 0 atom stereocenters. The van der Waals surface area contributed by atoms with Crippen molar-refractivity contribution in [1.82, 2.24) is 9.97 Å². The van der Waals surface area contributed by atoms with E-state index in [-0.39, 0.29) is 41.6 Å². The molecule has 1 fully saturated rings. The summed E-state index contributed by atoms with van der Waals surface area (Å²) < 4.78 is 11.4. The number of nitrogen functional groups attached to an aromatic ring is 1. The molecule has 1 aliphatic heterocycles. The van der Waals surface area contributed by atoms with Crippen LogP contribution in [0.4, 0.5) is 11.5 Å². The van der Waals surface area contributed by atoms with E-state index in [9.17, 15) is 4.79 Å². The number of aromatic nitrogens is 2. The molecule has 1 aromatic heterocycles. The number of ether oxygens (including phenoxy) is 2. The van der Waals surface area contributed by atoms with Gasteiger partial charge in [-0.15, -0.1) is 0 Å². The number of carbonyl (C=O) groups excluding carboxylic acids is 1. The van der Waals surface area contributed by atoms with Crippen molar-refractivity contribution < 1.29 is 14.3 Å². The Hall–Kier alpha value is -1.96. The Balaban J connectivity index is 0.00000256. The normalized spacial score (nSPS) is 22.0. The van der Waals surface area contributed by atoms with Crippen molar-refractivity contribution in [3.8, 4) is 5.88 Å². The third-order valence-corrected chi connectivity index (χ3v) is 5.63. The van der Waals surface area contributed by atoms with E-state index < -0.39 is 5.60 Å².